The van der Waals surface area contributed by atoms with Crippen molar-refractivity contribution < 1.29 is 4.18 Å². The van der Waals surface area contributed by atoms with Crippen molar-refractivity contribution in [2.75, 3.05) is 0 Å². The summed E-state index contributed by atoms with van der Waals surface area (Å²) in [6.45, 7) is 0. The van der Waals surface area contributed by atoms with Crippen molar-refractivity contribution in [2.45, 2.75) is 5.25 Å². The van der Waals surface area contributed by atoms with E-state index in [0.29, 0.717) is 5.25 Å². The van der Waals surface area contributed by atoms with Crippen molar-refractivity contribution >= 4 is 33.5 Å². The highest BCUT2D eigenvalue weighted by Gasteiger charge is 2.28. The predicted molar refractivity (Wildman–Crippen MR) is 78.3 cm³/mol. The molecule has 1 aliphatic rings. The number of rotatable bonds is 1. The van der Waals surface area contributed by atoms with E-state index in [-0.39, 0.29) is 0 Å². The topological polar surface area (TPSA) is 9.23 Å². The van der Waals surface area contributed by atoms with Crippen LogP contribution < -0.4 is 4.18 Å². The maximum absolute atomic E-state index is 5.68. The summed E-state index contributed by atoms with van der Waals surface area (Å²) >= 11 is 3.41. The number of hydrogen-bond acceptors (Lipinski definition) is 3. The van der Waals surface area contributed by atoms with Gasteiger partial charge in [-0.25, -0.2) is 0 Å². The summed E-state index contributed by atoms with van der Waals surface area (Å²) in [5.41, 5.74) is 1.29. The van der Waals surface area contributed by atoms with Gasteiger partial charge in [0.15, 0.2) is 0 Å². The van der Waals surface area contributed by atoms with E-state index in [0.717, 1.165) is 5.75 Å². The molecule has 0 saturated heterocycles. The molecule has 3 aromatic rings. The fraction of sp³-hybridized carbons (Fsp3) is 0.0667. The van der Waals surface area contributed by atoms with Crippen molar-refractivity contribution in [3.8, 4) is 5.75 Å². The smallest absolute Gasteiger partial charge is 0.142 e. The molecule has 1 nitrogen and oxygen atoms in total. The van der Waals surface area contributed by atoms with Crippen LogP contribution in [-0.2, 0) is 0 Å². The summed E-state index contributed by atoms with van der Waals surface area (Å²) in [5, 5.41) is 1.64. The molecule has 88 valence electrons. The average molecular weight is 270 g/mol. The van der Waals surface area contributed by atoms with E-state index in [4.69, 9.17) is 4.18 Å². The number of benzene rings is 2. The fourth-order valence-corrected chi connectivity index (χ4v) is 4.40. The SMILES string of the molecule is c1ccc2c(c1)OSC2c1cc2ccccc2s1. The van der Waals surface area contributed by atoms with Crippen LogP contribution >= 0.6 is 23.4 Å². The molecule has 1 unspecified atom stereocenters. The van der Waals surface area contributed by atoms with E-state index in [9.17, 15) is 0 Å². The van der Waals surface area contributed by atoms with Crippen LogP contribution in [-0.4, -0.2) is 0 Å². The van der Waals surface area contributed by atoms with Gasteiger partial charge in [-0.1, -0.05) is 36.4 Å². The third kappa shape index (κ3) is 1.55. The Balaban J connectivity index is 1.85. The zero-order valence-corrected chi connectivity index (χ0v) is 11.1. The van der Waals surface area contributed by atoms with Crippen LogP contribution in [0.5, 0.6) is 5.75 Å². The first-order valence-electron chi connectivity index (χ1n) is 5.82. The lowest BCUT2D eigenvalue weighted by molar-refractivity contribution is 0.660. The molecule has 0 saturated carbocycles. The number of thiophene rings is 1. The van der Waals surface area contributed by atoms with Gasteiger partial charge < -0.3 is 4.18 Å². The van der Waals surface area contributed by atoms with Crippen LogP contribution in [0.2, 0.25) is 0 Å². The Labute approximate surface area is 114 Å². The molecule has 0 fully saturated rings. The minimum Gasteiger partial charge on any atom is -0.424 e. The Kier molecular flexibility index (Phi) is 2.35. The predicted octanol–water partition coefficient (Wildman–Crippen LogP) is 5.03. The van der Waals surface area contributed by atoms with E-state index in [1.165, 1.54) is 20.5 Å². The summed E-state index contributed by atoms with van der Waals surface area (Å²) in [6.07, 6.45) is 0. The molecule has 0 bridgehead atoms. The number of para-hydroxylation sites is 1. The lowest BCUT2D eigenvalue weighted by Crippen LogP contribution is -1.86. The summed E-state index contributed by atoms with van der Waals surface area (Å²) in [5.74, 6) is 1.00. The van der Waals surface area contributed by atoms with Crippen LogP contribution in [0.25, 0.3) is 10.1 Å². The first-order chi connectivity index (χ1) is 8.92. The van der Waals surface area contributed by atoms with Gasteiger partial charge in [-0.15, -0.1) is 11.3 Å². The Hall–Kier alpha value is -1.45. The average Bonchev–Trinajstić information content (AvgIpc) is 3.02. The largest absolute Gasteiger partial charge is 0.424 e. The van der Waals surface area contributed by atoms with Crippen LogP contribution in [0.1, 0.15) is 15.7 Å². The molecule has 18 heavy (non-hydrogen) atoms. The normalized spacial score (nSPS) is 17.7. The molecule has 1 aliphatic heterocycles. The van der Waals surface area contributed by atoms with Gasteiger partial charge in [0.05, 0.1) is 12.0 Å². The van der Waals surface area contributed by atoms with Gasteiger partial charge in [-0.05, 0) is 23.6 Å². The Morgan fingerprint density at radius 2 is 1.78 bits per heavy atom. The van der Waals surface area contributed by atoms with Gasteiger partial charge in [-0.3, -0.25) is 0 Å². The van der Waals surface area contributed by atoms with Gasteiger partial charge in [-0.2, -0.15) is 0 Å². The second-order valence-corrected chi connectivity index (χ2v) is 6.23. The Morgan fingerprint density at radius 1 is 0.944 bits per heavy atom. The van der Waals surface area contributed by atoms with Gasteiger partial charge >= 0.3 is 0 Å². The molecule has 0 radical (unpaired) electrons. The zero-order valence-electron chi connectivity index (χ0n) is 9.50. The minimum atomic E-state index is 0.318. The van der Waals surface area contributed by atoms with Crippen molar-refractivity contribution in [1.82, 2.24) is 0 Å². The quantitative estimate of drug-likeness (QED) is 0.573. The van der Waals surface area contributed by atoms with Gasteiger partial charge in [0, 0.05) is 15.1 Å². The van der Waals surface area contributed by atoms with Crippen molar-refractivity contribution in [3.05, 3.63) is 65.0 Å². The summed E-state index contributed by atoms with van der Waals surface area (Å²) in [7, 11) is 0. The second-order valence-electron chi connectivity index (χ2n) is 4.28. The van der Waals surface area contributed by atoms with E-state index >= 15 is 0 Å². The van der Waals surface area contributed by atoms with E-state index in [1.807, 2.05) is 23.5 Å². The molecule has 0 aliphatic carbocycles. The first-order valence-corrected chi connectivity index (χ1v) is 7.45. The third-order valence-electron chi connectivity index (χ3n) is 3.14. The van der Waals surface area contributed by atoms with Crippen LogP contribution in [0.15, 0.2) is 54.6 Å². The lowest BCUT2D eigenvalue weighted by atomic mass is 10.1. The molecule has 0 amide bonds. The van der Waals surface area contributed by atoms with Crippen LogP contribution in [0.3, 0.4) is 0 Å². The first kappa shape index (κ1) is 10.5. The monoisotopic (exact) mass is 270 g/mol. The summed E-state index contributed by atoms with van der Waals surface area (Å²) in [6, 6.07) is 19.1. The number of hydrogen-bond donors (Lipinski definition) is 0. The molecule has 0 N–H and O–H groups in total. The standard InChI is InChI=1S/C15H10OS2/c1-4-8-13-10(5-1)9-14(17-13)15-11-6-2-3-7-12(11)16-18-15/h1-9,15H. The lowest BCUT2D eigenvalue weighted by Gasteiger charge is -2.02. The van der Waals surface area contributed by atoms with Gasteiger partial charge in [0.1, 0.15) is 11.0 Å². The fourth-order valence-electron chi connectivity index (χ4n) is 2.26. The number of fused-ring (bicyclic) bond motifs is 2. The molecular formula is C15H10OS2. The van der Waals surface area contributed by atoms with Crippen molar-refractivity contribution in [1.29, 1.82) is 0 Å². The van der Waals surface area contributed by atoms with Gasteiger partial charge in [0.2, 0.25) is 0 Å². The van der Waals surface area contributed by atoms with Crippen LogP contribution in [0, 0.1) is 0 Å². The van der Waals surface area contributed by atoms with E-state index in [1.54, 1.807) is 12.0 Å². The molecule has 0 spiro atoms. The molecule has 1 aromatic heterocycles. The van der Waals surface area contributed by atoms with Crippen molar-refractivity contribution in [2.24, 2.45) is 0 Å². The molecule has 4 rings (SSSR count). The molecule has 2 aromatic carbocycles. The molecule has 1 atom stereocenters. The minimum absolute atomic E-state index is 0.318. The van der Waals surface area contributed by atoms with E-state index in [2.05, 4.69) is 42.5 Å². The molecular weight excluding hydrogens is 260 g/mol. The Bertz CT molecular complexity index is 684. The molecule has 3 heteroatoms. The highest BCUT2D eigenvalue weighted by molar-refractivity contribution is 7.95. The van der Waals surface area contributed by atoms with Gasteiger partial charge in [0.25, 0.3) is 0 Å². The third-order valence-corrected chi connectivity index (χ3v) is 5.44. The highest BCUT2D eigenvalue weighted by Crippen LogP contribution is 2.50. The Morgan fingerprint density at radius 3 is 2.72 bits per heavy atom. The summed E-state index contributed by atoms with van der Waals surface area (Å²) < 4.78 is 7.03. The summed E-state index contributed by atoms with van der Waals surface area (Å²) in [4.78, 5) is 1.37. The molecule has 2 heterocycles. The zero-order chi connectivity index (χ0) is 11.9. The second kappa shape index (κ2) is 4.04. The van der Waals surface area contributed by atoms with Crippen molar-refractivity contribution in [3.63, 3.8) is 0 Å². The maximum atomic E-state index is 5.68. The van der Waals surface area contributed by atoms with Crippen LogP contribution in [0.4, 0.5) is 0 Å². The van der Waals surface area contributed by atoms with E-state index < -0.39 is 0 Å². The highest BCUT2D eigenvalue weighted by atomic mass is 32.2. The maximum Gasteiger partial charge on any atom is 0.142 e.